The number of H-pyrrole nitrogens is 1. The minimum Gasteiger partial charge on any atom is -0.465 e. The van der Waals surface area contributed by atoms with Gasteiger partial charge in [0.25, 0.3) is 0 Å². The first kappa shape index (κ1) is 19.2. The van der Waals surface area contributed by atoms with E-state index in [1.54, 1.807) is 11.8 Å². The number of ether oxygens (including phenoxy) is 1. The Balaban J connectivity index is 1.50. The molecule has 1 aliphatic heterocycles. The fourth-order valence-corrected chi connectivity index (χ4v) is 4.47. The van der Waals surface area contributed by atoms with Crippen LogP contribution in [0.2, 0.25) is 0 Å². The van der Waals surface area contributed by atoms with Crippen molar-refractivity contribution < 1.29 is 14.3 Å². The fourth-order valence-electron chi connectivity index (χ4n) is 3.69. The molecule has 0 saturated carbocycles. The maximum Gasteiger partial charge on any atom is 0.342 e. The van der Waals surface area contributed by atoms with Crippen LogP contribution in [0.4, 0.5) is 9.80 Å². The van der Waals surface area contributed by atoms with Crippen LogP contribution in [0.1, 0.15) is 33.6 Å². The number of methoxy groups -OCH3 is 1. The molecule has 3 heterocycles. The number of aryl methyl sites for hydroxylation is 2. The van der Waals surface area contributed by atoms with Gasteiger partial charge in [0.15, 0.2) is 0 Å². The van der Waals surface area contributed by atoms with Crippen LogP contribution < -0.4 is 5.32 Å². The first-order chi connectivity index (χ1) is 14.0. The first-order valence-electron chi connectivity index (χ1n) is 9.36. The van der Waals surface area contributed by atoms with Crippen LogP contribution >= 0.6 is 11.5 Å². The van der Waals surface area contributed by atoms with Gasteiger partial charge in [-0.25, -0.2) is 9.59 Å². The van der Waals surface area contributed by atoms with E-state index in [1.807, 2.05) is 12.3 Å². The second kappa shape index (κ2) is 7.71. The van der Waals surface area contributed by atoms with E-state index in [0.29, 0.717) is 29.3 Å². The molecular weight excluding hydrogens is 388 g/mol. The zero-order valence-corrected chi connectivity index (χ0v) is 17.4. The number of carbonyl (C=O) groups is 2. The summed E-state index contributed by atoms with van der Waals surface area (Å²) in [5.74, 6) is -0.498. The molecule has 0 fully saturated rings. The largest absolute Gasteiger partial charge is 0.465 e. The summed E-state index contributed by atoms with van der Waals surface area (Å²) in [4.78, 5) is 29.7. The van der Waals surface area contributed by atoms with Crippen LogP contribution in [0.5, 0.6) is 0 Å². The smallest absolute Gasteiger partial charge is 0.342 e. The van der Waals surface area contributed by atoms with Crippen molar-refractivity contribution in [1.82, 2.24) is 14.3 Å². The molecule has 2 amide bonds. The van der Waals surface area contributed by atoms with Crippen molar-refractivity contribution in [2.45, 2.75) is 20.3 Å². The van der Waals surface area contributed by atoms with E-state index in [9.17, 15) is 9.59 Å². The number of carbonyl (C=O) groups excluding carboxylic acids is 2. The lowest BCUT2D eigenvalue weighted by atomic mass is 9.97. The van der Waals surface area contributed by atoms with Gasteiger partial charge in [0, 0.05) is 35.8 Å². The highest BCUT2D eigenvalue weighted by atomic mass is 32.1. The molecule has 8 heteroatoms. The van der Waals surface area contributed by atoms with Crippen LogP contribution in [0.3, 0.4) is 0 Å². The summed E-state index contributed by atoms with van der Waals surface area (Å²) in [5, 5.41) is 4.46. The third-order valence-electron chi connectivity index (χ3n) is 5.23. The lowest BCUT2D eigenvalue weighted by molar-refractivity contribution is 0.0601. The van der Waals surface area contributed by atoms with E-state index in [2.05, 4.69) is 39.8 Å². The summed E-state index contributed by atoms with van der Waals surface area (Å²) >= 11 is 1.08. The van der Waals surface area contributed by atoms with Crippen LogP contribution in [-0.2, 0) is 4.74 Å². The molecule has 4 rings (SSSR count). The standard InChI is InChI=1S/C21H22N4O3S/c1-12-5-4-6-16-17(12)15(11-22-16)14-7-9-25(10-8-14)21(27)23-19-18(20(26)28-3)13(2)24-29-19/h4-7,11,22H,8-10H2,1-3H3,(H,23,27). The Morgan fingerprint density at radius 2 is 2.14 bits per heavy atom. The molecule has 150 valence electrons. The number of aromatic nitrogens is 2. The predicted octanol–water partition coefficient (Wildman–Crippen LogP) is 4.35. The number of rotatable bonds is 3. The van der Waals surface area contributed by atoms with E-state index in [-0.39, 0.29) is 6.03 Å². The number of hydrogen-bond acceptors (Lipinski definition) is 5. The predicted molar refractivity (Wildman–Crippen MR) is 114 cm³/mol. The number of amides is 2. The molecule has 29 heavy (non-hydrogen) atoms. The molecule has 7 nitrogen and oxygen atoms in total. The quantitative estimate of drug-likeness (QED) is 0.629. The van der Waals surface area contributed by atoms with Crippen LogP contribution in [0.25, 0.3) is 16.5 Å². The number of esters is 1. The van der Waals surface area contributed by atoms with Gasteiger partial charge in [-0.2, -0.15) is 4.37 Å². The molecule has 0 unspecified atom stereocenters. The van der Waals surface area contributed by atoms with Gasteiger partial charge in [-0.15, -0.1) is 0 Å². The molecule has 0 bridgehead atoms. The third kappa shape index (κ3) is 3.51. The number of nitrogens with zero attached hydrogens (tertiary/aromatic N) is 2. The number of benzene rings is 1. The Morgan fingerprint density at radius 1 is 1.31 bits per heavy atom. The topological polar surface area (TPSA) is 87.3 Å². The average Bonchev–Trinajstić information content (AvgIpc) is 3.32. The Labute approximate surface area is 172 Å². The average molecular weight is 410 g/mol. The second-order valence-electron chi connectivity index (χ2n) is 7.02. The monoisotopic (exact) mass is 410 g/mol. The van der Waals surface area contributed by atoms with Crippen molar-refractivity contribution in [3.05, 3.63) is 52.9 Å². The Morgan fingerprint density at radius 3 is 2.86 bits per heavy atom. The zero-order valence-electron chi connectivity index (χ0n) is 16.5. The lowest BCUT2D eigenvalue weighted by Crippen LogP contribution is -2.38. The summed E-state index contributed by atoms with van der Waals surface area (Å²) < 4.78 is 8.95. The molecule has 0 atom stereocenters. The van der Waals surface area contributed by atoms with Gasteiger partial charge in [-0.3, -0.25) is 5.32 Å². The van der Waals surface area contributed by atoms with E-state index in [0.717, 1.165) is 23.5 Å². The van der Waals surface area contributed by atoms with Gasteiger partial charge in [0.1, 0.15) is 10.6 Å². The van der Waals surface area contributed by atoms with Gasteiger partial charge in [0.2, 0.25) is 0 Å². The summed E-state index contributed by atoms with van der Waals surface area (Å²) in [6, 6.07) is 5.98. The lowest BCUT2D eigenvalue weighted by Gasteiger charge is -2.26. The Hall–Kier alpha value is -3.13. The Kier molecular flexibility index (Phi) is 5.10. The molecule has 0 spiro atoms. The van der Waals surface area contributed by atoms with Crippen molar-refractivity contribution in [2.75, 3.05) is 25.5 Å². The molecule has 0 aliphatic carbocycles. The highest BCUT2D eigenvalue weighted by molar-refractivity contribution is 7.11. The van der Waals surface area contributed by atoms with Gasteiger partial charge < -0.3 is 14.6 Å². The number of hydrogen-bond donors (Lipinski definition) is 2. The number of aromatic amines is 1. The fraction of sp³-hybridized carbons (Fsp3) is 0.286. The molecular formula is C21H22N4O3S. The third-order valence-corrected chi connectivity index (χ3v) is 6.08. The summed E-state index contributed by atoms with van der Waals surface area (Å²) in [6.07, 6.45) is 4.90. The SMILES string of the molecule is COC(=O)c1c(C)nsc1NC(=O)N1CC=C(c2c[nH]c3cccc(C)c23)CC1. The molecule has 0 radical (unpaired) electrons. The van der Waals surface area contributed by atoms with Crippen molar-refractivity contribution in [2.24, 2.45) is 0 Å². The maximum absolute atomic E-state index is 12.7. The van der Waals surface area contributed by atoms with Gasteiger partial charge in [0.05, 0.1) is 12.8 Å². The van der Waals surface area contributed by atoms with E-state index < -0.39 is 5.97 Å². The van der Waals surface area contributed by atoms with Crippen LogP contribution in [-0.4, -0.2) is 46.5 Å². The van der Waals surface area contributed by atoms with Crippen LogP contribution in [0.15, 0.2) is 30.5 Å². The summed E-state index contributed by atoms with van der Waals surface area (Å²) in [7, 11) is 1.31. The minimum absolute atomic E-state index is 0.246. The minimum atomic E-state index is -0.498. The highest BCUT2D eigenvalue weighted by Gasteiger charge is 2.24. The van der Waals surface area contributed by atoms with E-state index in [4.69, 9.17) is 4.74 Å². The molecule has 2 N–H and O–H groups in total. The molecule has 0 saturated heterocycles. The normalized spacial score (nSPS) is 14.0. The van der Waals surface area contributed by atoms with E-state index >= 15 is 0 Å². The van der Waals surface area contributed by atoms with Crippen molar-refractivity contribution >= 4 is 45.0 Å². The first-order valence-corrected chi connectivity index (χ1v) is 10.1. The van der Waals surface area contributed by atoms with Crippen molar-refractivity contribution in [1.29, 1.82) is 0 Å². The molecule has 1 aromatic carbocycles. The van der Waals surface area contributed by atoms with Crippen LogP contribution in [0, 0.1) is 13.8 Å². The summed E-state index contributed by atoms with van der Waals surface area (Å²) in [6.45, 7) is 4.93. The van der Waals surface area contributed by atoms with E-state index in [1.165, 1.54) is 29.2 Å². The number of anilines is 1. The number of fused-ring (bicyclic) bond motifs is 1. The summed E-state index contributed by atoms with van der Waals surface area (Å²) in [5.41, 5.74) is 5.65. The van der Waals surface area contributed by atoms with Gasteiger partial charge in [-0.05, 0) is 49.0 Å². The number of urea groups is 1. The Bertz CT molecular complexity index is 1130. The van der Waals surface area contributed by atoms with Gasteiger partial charge in [-0.1, -0.05) is 18.2 Å². The van der Waals surface area contributed by atoms with Crippen molar-refractivity contribution in [3.63, 3.8) is 0 Å². The highest BCUT2D eigenvalue weighted by Crippen LogP contribution is 2.32. The molecule has 1 aliphatic rings. The molecule has 2 aromatic heterocycles. The zero-order chi connectivity index (χ0) is 20.5. The second-order valence-corrected chi connectivity index (χ2v) is 7.79. The number of nitrogens with one attached hydrogen (secondary N) is 2. The molecule has 3 aromatic rings. The van der Waals surface area contributed by atoms with Gasteiger partial charge >= 0.3 is 12.0 Å². The van der Waals surface area contributed by atoms with Crippen molar-refractivity contribution in [3.8, 4) is 0 Å². The maximum atomic E-state index is 12.7.